The van der Waals surface area contributed by atoms with E-state index in [1.54, 1.807) is 6.20 Å². The molecule has 2 aromatic carbocycles. The molecule has 0 unspecified atom stereocenters. The van der Waals surface area contributed by atoms with Crippen LogP contribution in [0.25, 0.3) is 11.0 Å². The Bertz CT molecular complexity index is 1160. The zero-order valence-electron chi connectivity index (χ0n) is 16.4. The zero-order valence-corrected chi connectivity index (χ0v) is 17.1. The van der Waals surface area contributed by atoms with Gasteiger partial charge in [-0.2, -0.15) is 0 Å². The summed E-state index contributed by atoms with van der Waals surface area (Å²) >= 11 is 6.26. The second kappa shape index (κ2) is 8.00. The highest BCUT2D eigenvalue weighted by atomic mass is 35.5. The number of fused-ring (bicyclic) bond motifs is 1. The van der Waals surface area contributed by atoms with Crippen molar-refractivity contribution in [3.05, 3.63) is 88.8 Å². The number of carbonyl (C=O) groups excluding carboxylic acids is 1. The number of benzene rings is 2. The first kappa shape index (κ1) is 18.9. The van der Waals surface area contributed by atoms with Gasteiger partial charge in [-0.1, -0.05) is 48.0 Å². The summed E-state index contributed by atoms with van der Waals surface area (Å²) in [5, 5.41) is 1.65. The standard InChI is InChI=1S/C24H21ClN2O3/c25-20-9-3-1-6-16(20)12-19-14-26-23(29-19)18-8-5-11-27(15-18)24(28)22-13-17-7-2-4-10-21(17)30-22/h1-4,6-7,9-10,13-14,18H,5,8,11-12,15H2/t18-/m0/s1. The van der Waals surface area contributed by atoms with Gasteiger partial charge in [-0.05, 0) is 36.6 Å². The van der Waals surface area contributed by atoms with Crippen molar-refractivity contribution >= 4 is 28.5 Å². The lowest BCUT2D eigenvalue weighted by Crippen LogP contribution is -2.39. The van der Waals surface area contributed by atoms with Crippen LogP contribution in [0.1, 0.15) is 46.5 Å². The molecule has 1 amide bonds. The lowest BCUT2D eigenvalue weighted by atomic mass is 9.98. The fourth-order valence-corrected chi connectivity index (χ4v) is 4.23. The number of hydrogen-bond donors (Lipinski definition) is 0. The number of furan rings is 1. The molecule has 1 aliphatic rings. The molecule has 4 aromatic rings. The normalized spacial score (nSPS) is 16.8. The van der Waals surface area contributed by atoms with Crippen molar-refractivity contribution in [2.45, 2.75) is 25.2 Å². The third-order valence-corrected chi connectivity index (χ3v) is 5.96. The summed E-state index contributed by atoms with van der Waals surface area (Å²) in [6.07, 6.45) is 4.20. The molecule has 0 radical (unpaired) electrons. The van der Waals surface area contributed by atoms with Crippen LogP contribution in [0.3, 0.4) is 0 Å². The first-order chi connectivity index (χ1) is 14.7. The van der Waals surface area contributed by atoms with Gasteiger partial charge in [0.05, 0.1) is 12.1 Å². The number of piperidine rings is 1. The summed E-state index contributed by atoms with van der Waals surface area (Å²) in [7, 11) is 0. The van der Waals surface area contributed by atoms with E-state index in [4.69, 9.17) is 20.4 Å². The van der Waals surface area contributed by atoms with Crippen molar-refractivity contribution in [1.82, 2.24) is 9.88 Å². The Kier molecular flexibility index (Phi) is 5.05. The molecule has 5 rings (SSSR count). The molecular formula is C24H21ClN2O3. The third-order valence-electron chi connectivity index (χ3n) is 5.59. The van der Waals surface area contributed by atoms with E-state index in [9.17, 15) is 4.79 Å². The Hall–Kier alpha value is -3.05. The van der Waals surface area contributed by atoms with Crippen LogP contribution in [-0.2, 0) is 6.42 Å². The first-order valence-electron chi connectivity index (χ1n) is 10.1. The number of rotatable bonds is 4. The molecule has 2 aromatic heterocycles. The molecule has 5 nitrogen and oxygen atoms in total. The van der Waals surface area contributed by atoms with E-state index < -0.39 is 0 Å². The maximum Gasteiger partial charge on any atom is 0.289 e. The van der Waals surface area contributed by atoms with Crippen LogP contribution >= 0.6 is 11.6 Å². The Morgan fingerprint density at radius 1 is 1.13 bits per heavy atom. The number of hydrogen-bond acceptors (Lipinski definition) is 4. The topological polar surface area (TPSA) is 59.5 Å². The van der Waals surface area contributed by atoms with Gasteiger partial charge < -0.3 is 13.7 Å². The Morgan fingerprint density at radius 2 is 1.97 bits per heavy atom. The van der Waals surface area contributed by atoms with E-state index in [-0.39, 0.29) is 11.8 Å². The Morgan fingerprint density at radius 3 is 2.83 bits per heavy atom. The minimum atomic E-state index is -0.0845. The summed E-state index contributed by atoms with van der Waals surface area (Å²) in [5.41, 5.74) is 1.73. The van der Waals surface area contributed by atoms with Crippen molar-refractivity contribution in [2.24, 2.45) is 0 Å². The molecule has 152 valence electrons. The summed E-state index contributed by atoms with van der Waals surface area (Å²) in [6, 6.07) is 17.2. The van der Waals surface area contributed by atoms with E-state index in [1.807, 2.05) is 59.5 Å². The van der Waals surface area contributed by atoms with Gasteiger partial charge in [0.15, 0.2) is 11.7 Å². The maximum atomic E-state index is 13.0. The monoisotopic (exact) mass is 420 g/mol. The molecule has 0 spiro atoms. The van der Waals surface area contributed by atoms with Gasteiger partial charge in [0, 0.05) is 29.9 Å². The van der Waals surface area contributed by atoms with Crippen molar-refractivity contribution in [3.8, 4) is 0 Å². The van der Waals surface area contributed by atoms with Gasteiger partial charge in [0.1, 0.15) is 11.3 Å². The van der Waals surface area contributed by atoms with Crippen molar-refractivity contribution < 1.29 is 13.6 Å². The molecule has 0 aliphatic carbocycles. The fraction of sp³-hybridized carbons (Fsp3) is 0.250. The molecule has 1 saturated heterocycles. The molecule has 30 heavy (non-hydrogen) atoms. The highest BCUT2D eigenvalue weighted by molar-refractivity contribution is 6.31. The minimum absolute atomic E-state index is 0.0760. The van der Waals surface area contributed by atoms with Crippen molar-refractivity contribution in [3.63, 3.8) is 0 Å². The van der Waals surface area contributed by atoms with Gasteiger partial charge in [-0.3, -0.25) is 4.79 Å². The lowest BCUT2D eigenvalue weighted by molar-refractivity contribution is 0.0668. The van der Waals surface area contributed by atoms with Gasteiger partial charge in [0.2, 0.25) is 0 Å². The summed E-state index contributed by atoms with van der Waals surface area (Å²) in [4.78, 5) is 19.3. The highest BCUT2D eigenvalue weighted by Crippen LogP contribution is 2.29. The Balaban J connectivity index is 1.30. The number of halogens is 1. The van der Waals surface area contributed by atoms with E-state index in [2.05, 4.69) is 4.98 Å². The third kappa shape index (κ3) is 3.73. The van der Waals surface area contributed by atoms with E-state index >= 15 is 0 Å². The second-order valence-electron chi connectivity index (χ2n) is 7.67. The van der Waals surface area contributed by atoms with Crippen LogP contribution < -0.4 is 0 Å². The molecular weight excluding hydrogens is 400 g/mol. The SMILES string of the molecule is O=C(c1cc2ccccc2o1)N1CCC[C@H](c2ncc(Cc3ccccc3Cl)o2)C1. The van der Waals surface area contributed by atoms with E-state index in [0.717, 1.165) is 40.2 Å². The van der Waals surface area contributed by atoms with Crippen LogP contribution in [0.15, 0.2) is 69.6 Å². The first-order valence-corrected chi connectivity index (χ1v) is 10.5. The molecule has 1 aliphatic heterocycles. The molecule has 6 heteroatoms. The molecule has 0 bridgehead atoms. The second-order valence-corrected chi connectivity index (χ2v) is 8.08. The van der Waals surface area contributed by atoms with Crippen LogP contribution in [0.4, 0.5) is 0 Å². The molecule has 1 atom stereocenters. The quantitative estimate of drug-likeness (QED) is 0.426. The van der Waals surface area contributed by atoms with Crippen LogP contribution in [0, 0.1) is 0 Å². The minimum Gasteiger partial charge on any atom is -0.451 e. The maximum absolute atomic E-state index is 13.0. The Labute approximate surface area is 179 Å². The van der Waals surface area contributed by atoms with E-state index in [1.165, 1.54) is 0 Å². The molecule has 1 fully saturated rings. The van der Waals surface area contributed by atoms with Gasteiger partial charge in [-0.15, -0.1) is 0 Å². The number of aromatic nitrogens is 1. The molecule has 0 N–H and O–H groups in total. The fourth-order valence-electron chi connectivity index (χ4n) is 4.03. The number of oxazole rings is 1. The number of carbonyl (C=O) groups is 1. The number of likely N-dealkylation sites (tertiary alicyclic amines) is 1. The van der Waals surface area contributed by atoms with Crippen LogP contribution in [0.5, 0.6) is 0 Å². The van der Waals surface area contributed by atoms with E-state index in [0.29, 0.717) is 31.2 Å². The zero-order chi connectivity index (χ0) is 20.5. The largest absolute Gasteiger partial charge is 0.451 e. The average Bonchev–Trinajstić information content (AvgIpc) is 3.42. The van der Waals surface area contributed by atoms with Crippen LogP contribution in [-0.4, -0.2) is 28.9 Å². The number of para-hydroxylation sites is 1. The highest BCUT2D eigenvalue weighted by Gasteiger charge is 2.29. The number of nitrogens with zero attached hydrogens (tertiary/aromatic N) is 2. The molecule has 3 heterocycles. The predicted octanol–water partition coefficient (Wildman–Crippen LogP) is 5.68. The van der Waals surface area contributed by atoms with Gasteiger partial charge in [-0.25, -0.2) is 4.98 Å². The van der Waals surface area contributed by atoms with Crippen molar-refractivity contribution in [2.75, 3.05) is 13.1 Å². The van der Waals surface area contributed by atoms with Crippen LogP contribution in [0.2, 0.25) is 5.02 Å². The molecule has 0 saturated carbocycles. The van der Waals surface area contributed by atoms with Gasteiger partial charge in [0.25, 0.3) is 5.91 Å². The average molecular weight is 421 g/mol. The van der Waals surface area contributed by atoms with Gasteiger partial charge >= 0.3 is 0 Å². The summed E-state index contributed by atoms with van der Waals surface area (Å²) < 4.78 is 11.8. The smallest absolute Gasteiger partial charge is 0.289 e. The van der Waals surface area contributed by atoms with Crippen molar-refractivity contribution in [1.29, 1.82) is 0 Å². The lowest BCUT2D eigenvalue weighted by Gasteiger charge is -2.30. The predicted molar refractivity (Wildman–Crippen MR) is 115 cm³/mol. The summed E-state index contributed by atoms with van der Waals surface area (Å²) in [6.45, 7) is 1.28. The number of amides is 1. The summed E-state index contributed by atoms with van der Waals surface area (Å²) in [5.74, 6) is 1.83.